The number of rotatable bonds is 4. The number of nitrogens with zero attached hydrogens (tertiary/aromatic N) is 2. The second-order valence-corrected chi connectivity index (χ2v) is 7.86. The molecule has 2 fully saturated rings. The minimum Gasteiger partial charge on any atom is -0.359 e. The van der Waals surface area contributed by atoms with E-state index in [2.05, 4.69) is 15.5 Å². The lowest BCUT2D eigenvalue weighted by Gasteiger charge is -2.24. The third-order valence-corrected chi connectivity index (χ3v) is 5.65. The second-order valence-electron chi connectivity index (χ2n) is 6.16. The molecule has 0 bridgehead atoms. The van der Waals surface area contributed by atoms with E-state index in [1.807, 2.05) is 35.2 Å². The van der Waals surface area contributed by atoms with E-state index in [-0.39, 0.29) is 17.9 Å². The van der Waals surface area contributed by atoms with E-state index < -0.39 is 0 Å². The van der Waals surface area contributed by atoms with E-state index in [0.717, 1.165) is 25.2 Å². The first-order valence-electron chi connectivity index (χ1n) is 8.41. The molecule has 2 aliphatic rings. The van der Waals surface area contributed by atoms with Crippen LogP contribution < -0.4 is 10.6 Å². The topological polar surface area (TPSA) is 64.7 Å². The molecule has 0 aromatic heterocycles. The normalized spacial score (nSPS) is 21.5. The van der Waals surface area contributed by atoms with Crippen LogP contribution >= 0.6 is 24.0 Å². The quantitative estimate of drug-likeness (QED) is 0.767. The fourth-order valence-electron chi connectivity index (χ4n) is 3.01. The average molecular weight is 379 g/mol. The molecule has 1 aromatic rings. The number of hydrogen-bond donors (Lipinski definition) is 2. The number of nitrogens with one attached hydrogen (secondary N) is 2. The summed E-state index contributed by atoms with van der Waals surface area (Å²) in [6.45, 7) is 3.24. The van der Waals surface area contributed by atoms with Crippen LogP contribution in [0.4, 0.5) is 5.69 Å². The molecule has 0 saturated carbocycles. The first kappa shape index (κ1) is 18.2. The van der Waals surface area contributed by atoms with E-state index in [1.54, 1.807) is 0 Å². The van der Waals surface area contributed by atoms with Crippen molar-refractivity contribution in [3.63, 3.8) is 0 Å². The summed E-state index contributed by atoms with van der Waals surface area (Å²) in [7, 11) is 0. The van der Waals surface area contributed by atoms with Crippen LogP contribution in [-0.4, -0.2) is 70.5 Å². The highest BCUT2D eigenvalue weighted by molar-refractivity contribution is 8.23. The number of carbonyl (C=O) groups excluding carboxylic acids is 2. The van der Waals surface area contributed by atoms with Gasteiger partial charge in [-0.1, -0.05) is 42.2 Å². The molecular weight excluding hydrogens is 356 g/mol. The van der Waals surface area contributed by atoms with Crippen molar-refractivity contribution in [1.82, 2.24) is 15.1 Å². The van der Waals surface area contributed by atoms with Gasteiger partial charge in [0.2, 0.25) is 11.8 Å². The fraction of sp³-hybridized carbons (Fsp3) is 0.471. The first-order chi connectivity index (χ1) is 12.1. The van der Waals surface area contributed by atoms with Crippen molar-refractivity contribution in [3.05, 3.63) is 30.3 Å². The van der Waals surface area contributed by atoms with Gasteiger partial charge in [-0.25, -0.2) is 0 Å². The van der Waals surface area contributed by atoms with E-state index in [0.29, 0.717) is 29.7 Å². The standard InChI is InChI=1S/C17H22N4O2S2/c22-15(18-13-5-2-1-3-6-13)11-20-7-4-8-21(10-9-20)16(23)14-12-25-17(24)19-14/h1-3,5-6,14H,4,7-12H2,(H,18,22)(H,19,24). The third kappa shape index (κ3) is 5.17. The van der Waals surface area contributed by atoms with Gasteiger partial charge in [-0.2, -0.15) is 0 Å². The van der Waals surface area contributed by atoms with Crippen LogP contribution in [0.15, 0.2) is 30.3 Å². The van der Waals surface area contributed by atoms with E-state index in [1.165, 1.54) is 11.8 Å². The zero-order valence-electron chi connectivity index (χ0n) is 13.9. The maximum atomic E-state index is 12.6. The lowest BCUT2D eigenvalue weighted by atomic mass is 10.2. The van der Waals surface area contributed by atoms with Crippen LogP contribution in [0, 0.1) is 0 Å². The summed E-state index contributed by atoms with van der Waals surface area (Å²) < 4.78 is 0.701. The first-order valence-corrected chi connectivity index (χ1v) is 9.80. The smallest absolute Gasteiger partial charge is 0.246 e. The van der Waals surface area contributed by atoms with Crippen molar-refractivity contribution >= 4 is 45.8 Å². The summed E-state index contributed by atoms with van der Waals surface area (Å²) in [5, 5.41) is 5.97. The summed E-state index contributed by atoms with van der Waals surface area (Å²) in [6, 6.07) is 9.25. The zero-order valence-corrected chi connectivity index (χ0v) is 15.6. The van der Waals surface area contributed by atoms with Crippen LogP contribution in [0.5, 0.6) is 0 Å². The Morgan fingerprint density at radius 2 is 2.00 bits per heavy atom. The Morgan fingerprint density at radius 3 is 2.72 bits per heavy atom. The SMILES string of the molecule is O=C(CN1CCCN(C(=O)C2CSC(=S)N2)CC1)Nc1ccccc1. The Morgan fingerprint density at radius 1 is 1.20 bits per heavy atom. The van der Waals surface area contributed by atoms with Gasteiger partial charge in [-0.3, -0.25) is 14.5 Å². The average Bonchev–Trinajstić information content (AvgIpc) is 2.90. The molecule has 0 spiro atoms. The summed E-state index contributed by atoms with van der Waals surface area (Å²) in [4.78, 5) is 28.7. The van der Waals surface area contributed by atoms with Gasteiger partial charge in [-0.15, -0.1) is 0 Å². The van der Waals surface area contributed by atoms with Crippen molar-refractivity contribution in [3.8, 4) is 0 Å². The van der Waals surface area contributed by atoms with Crippen LogP contribution in [0.2, 0.25) is 0 Å². The molecule has 3 rings (SSSR count). The fourth-order valence-corrected chi connectivity index (χ4v) is 4.13. The van der Waals surface area contributed by atoms with Crippen LogP contribution in [0.25, 0.3) is 0 Å². The molecule has 2 aliphatic heterocycles. The molecule has 1 atom stereocenters. The number of benzene rings is 1. The van der Waals surface area contributed by atoms with Crippen LogP contribution in [0.3, 0.4) is 0 Å². The van der Waals surface area contributed by atoms with Gasteiger partial charge < -0.3 is 15.5 Å². The van der Waals surface area contributed by atoms with Gasteiger partial charge in [0, 0.05) is 37.6 Å². The minimum atomic E-state index is -0.203. The van der Waals surface area contributed by atoms with Crippen molar-refractivity contribution < 1.29 is 9.59 Å². The number of amides is 2. The van der Waals surface area contributed by atoms with Crippen molar-refractivity contribution in [2.24, 2.45) is 0 Å². The molecule has 6 nitrogen and oxygen atoms in total. The molecule has 2 saturated heterocycles. The molecule has 2 N–H and O–H groups in total. The Kier molecular flexibility index (Phi) is 6.28. The number of thioether (sulfide) groups is 1. The molecule has 1 aromatic carbocycles. The van der Waals surface area contributed by atoms with E-state index in [4.69, 9.17) is 12.2 Å². The largest absolute Gasteiger partial charge is 0.359 e. The number of thiocarbonyl (C=S) groups is 1. The summed E-state index contributed by atoms with van der Waals surface area (Å²) in [5.74, 6) is 0.797. The summed E-state index contributed by atoms with van der Waals surface area (Å²) in [5.41, 5.74) is 0.805. The van der Waals surface area contributed by atoms with Gasteiger partial charge in [0.05, 0.1) is 6.54 Å². The zero-order chi connectivity index (χ0) is 17.6. The van der Waals surface area contributed by atoms with Gasteiger partial charge >= 0.3 is 0 Å². The van der Waals surface area contributed by atoms with Gasteiger partial charge in [0.15, 0.2) is 0 Å². The second kappa shape index (κ2) is 8.64. The molecule has 25 heavy (non-hydrogen) atoms. The third-order valence-electron chi connectivity index (χ3n) is 4.30. The predicted molar refractivity (Wildman–Crippen MR) is 105 cm³/mol. The minimum absolute atomic E-state index is 0.0230. The lowest BCUT2D eigenvalue weighted by Crippen LogP contribution is -2.47. The Labute approximate surface area is 157 Å². The number of carbonyl (C=O) groups is 2. The molecule has 2 heterocycles. The molecule has 8 heteroatoms. The molecule has 134 valence electrons. The highest BCUT2D eigenvalue weighted by atomic mass is 32.2. The van der Waals surface area contributed by atoms with Crippen LogP contribution in [0.1, 0.15) is 6.42 Å². The molecular formula is C17H22N4O2S2. The van der Waals surface area contributed by atoms with E-state index in [9.17, 15) is 9.59 Å². The van der Waals surface area contributed by atoms with Crippen LogP contribution in [-0.2, 0) is 9.59 Å². The molecule has 0 aliphatic carbocycles. The van der Waals surface area contributed by atoms with Gasteiger partial charge in [0.25, 0.3) is 0 Å². The van der Waals surface area contributed by atoms with Crippen molar-refractivity contribution in [2.45, 2.75) is 12.5 Å². The molecule has 0 radical (unpaired) electrons. The highest BCUT2D eigenvalue weighted by Crippen LogP contribution is 2.16. The Balaban J connectivity index is 1.47. The Hall–Kier alpha value is -1.64. The maximum absolute atomic E-state index is 12.6. The van der Waals surface area contributed by atoms with Crippen molar-refractivity contribution in [1.29, 1.82) is 0 Å². The van der Waals surface area contributed by atoms with Crippen molar-refractivity contribution in [2.75, 3.05) is 43.8 Å². The number of anilines is 1. The predicted octanol–water partition coefficient (Wildman–Crippen LogP) is 1.15. The number of para-hydroxylation sites is 1. The lowest BCUT2D eigenvalue weighted by molar-refractivity contribution is -0.132. The Bertz CT molecular complexity index is 641. The summed E-state index contributed by atoms with van der Waals surface area (Å²) in [6.07, 6.45) is 0.870. The summed E-state index contributed by atoms with van der Waals surface area (Å²) >= 11 is 6.61. The maximum Gasteiger partial charge on any atom is 0.246 e. The van der Waals surface area contributed by atoms with Gasteiger partial charge in [-0.05, 0) is 18.6 Å². The monoisotopic (exact) mass is 378 g/mol. The molecule has 2 amide bonds. The molecule has 1 unspecified atom stereocenters. The highest BCUT2D eigenvalue weighted by Gasteiger charge is 2.30. The van der Waals surface area contributed by atoms with Gasteiger partial charge in [0.1, 0.15) is 10.4 Å². The number of hydrogen-bond acceptors (Lipinski definition) is 5. The van der Waals surface area contributed by atoms with E-state index >= 15 is 0 Å².